The van der Waals surface area contributed by atoms with Gasteiger partial charge in [0.25, 0.3) is 0 Å². The smallest absolute Gasteiger partial charge is 0.243 e. The van der Waals surface area contributed by atoms with E-state index in [9.17, 15) is 19.5 Å². The highest BCUT2D eigenvalue weighted by Crippen LogP contribution is 2.45. The molecule has 0 spiro atoms. The summed E-state index contributed by atoms with van der Waals surface area (Å²) >= 11 is 0. The second kappa shape index (κ2) is 10.9. The second-order valence-corrected chi connectivity index (χ2v) is 9.41. The first-order valence-electron chi connectivity index (χ1n) is 12.1. The molecule has 6 atom stereocenters. The van der Waals surface area contributed by atoms with Gasteiger partial charge < -0.3 is 20.6 Å². The fraction of sp³-hybridized carbons (Fsp3) is 0.393. The van der Waals surface area contributed by atoms with Gasteiger partial charge in [-0.1, -0.05) is 79.7 Å². The normalized spacial score (nSPS) is 26.2. The number of rotatable bonds is 8. The summed E-state index contributed by atoms with van der Waals surface area (Å²) in [5.74, 6) is -2.58. The van der Waals surface area contributed by atoms with Gasteiger partial charge in [-0.25, -0.2) is 0 Å². The minimum atomic E-state index is -0.812. The number of aliphatic hydroxyl groups excluding tert-OH is 1. The maximum Gasteiger partial charge on any atom is 0.243 e. The topological polar surface area (TPSA) is 98.7 Å². The molecule has 0 radical (unpaired) electrons. The summed E-state index contributed by atoms with van der Waals surface area (Å²) in [6.45, 7) is 1.96. The van der Waals surface area contributed by atoms with Crippen molar-refractivity contribution in [1.29, 1.82) is 0 Å². The maximum absolute atomic E-state index is 13.9. The Hall–Kier alpha value is -3.45. The molecule has 1 fully saturated rings. The van der Waals surface area contributed by atoms with Crippen molar-refractivity contribution in [3.63, 3.8) is 0 Å². The molecule has 2 aromatic carbocycles. The van der Waals surface area contributed by atoms with Crippen molar-refractivity contribution in [2.24, 2.45) is 23.7 Å². The SMILES string of the molecule is CNC(=O)[C@H]1[C@H]2C(=O)N([C@@H](CO)Cc3ccccc3)[C@H](C(=O)NCc3ccccc3)[C@H]2C=C[C@H]1C. The van der Waals surface area contributed by atoms with E-state index >= 15 is 0 Å². The molecule has 7 nitrogen and oxygen atoms in total. The van der Waals surface area contributed by atoms with Gasteiger partial charge in [0.05, 0.1) is 24.5 Å². The molecule has 184 valence electrons. The van der Waals surface area contributed by atoms with Gasteiger partial charge in [0.1, 0.15) is 6.04 Å². The number of amides is 3. The van der Waals surface area contributed by atoms with E-state index in [2.05, 4.69) is 10.6 Å². The zero-order chi connectivity index (χ0) is 24.9. The van der Waals surface area contributed by atoms with Crippen LogP contribution in [0.4, 0.5) is 0 Å². The Morgan fingerprint density at radius 3 is 2.20 bits per heavy atom. The molecule has 1 saturated heterocycles. The van der Waals surface area contributed by atoms with E-state index in [-0.39, 0.29) is 30.2 Å². The van der Waals surface area contributed by atoms with E-state index in [0.717, 1.165) is 11.1 Å². The lowest BCUT2D eigenvalue weighted by Crippen LogP contribution is -2.52. The highest BCUT2D eigenvalue weighted by atomic mass is 16.3. The molecule has 0 unspecified atom stereocenters. The Morgan fingerprint density at radius 2 is 1.60 bits per heavy atom. The van der Waals surface area contributed by atoms with Crippen LogP contribution in [0.5, 0.6) is 0 Å². The molecule has 4 rings (SSSR count). The average molecular weight is 476 g/mol. The highest BCUT2D eigenvalue weighted by Gasteiger charge is 2.57. The minimum Gasteiger partial charge on any atom is -0.394 e. The van der Waals surface area contributed by atoms with Crippen LogP contribution in [0.3, 0.4) is 0 Å². The largest absolute Gasteiger partial charge is 0.394 e. The Labute approximate surface area is 206 Å². The molecular formula is C28H33N3O4. The number of likely N-dealkylation sites (tertiary alicyclic amines) is 1. The summed E-state index contributed by atoms with van der Waals surface area (Å²) in [4.78, 5) is 41.9. The van der Waals surface area contributed by atoms with Gasteiger partial charge in [0, 0.05) is 19.5 Å². The van der Waals surface area contributed by atoms with Crippen molar-refractivity contribution in [2.75, 3.05) is 13.7 Å². The predicted molar refractivity (Wildman–Crippen MR) is 133 cm³/mol. The molecule has 2 aromatic rings. The number of carbonyl (C=O) groups is 3. The van der Waals surface area contributed by atoms with Crippen molar-refractivity contribution in [1.82, 2.24) is 15.5 Å². The molecular weight excluding hydrogens is 442 g/mol. The van der Waals surface area contributed by atoms with Crippen LogP contribution in [0.2, 0.25) is 0 Å². The summed E-state index contributed by atoms with van der Waals surface area (Å²) in [6, 6.07) is 17.8. The Kier molecular flexibility index (Phi) is 7.66. The van der Waals surface area contributed by atoms with Gasteiger partial charge in [-0.2, -0.15) is 0 Å². The van der Waals surface area contributed by atoms with E-state index in [0.29, 0.717) is 13.0 Å². The van der Waals surface area contributed by atoms with Crippen molar-refractivity contribution >= 4 is 17.7 Å². The van der Waals surface area contributed by atoms with Crippen molar-refractivity contribution in [3.8, 4) is 0 Å². The molecule has 3 amide bonds. The first kappa shape index (κ1) is 24.7. The number of fused-ring (bicyclic) bond motifs is 1. The number of hydrogen-bond donors (Lipinski definition) is 3. The van der Waals surface area contributed by atoms with Gasteiger partial charge in [-0.3, -0.25) is 14.4 Å². The maximum atomic E-state index is 13.9. The molecule has 1 aliphatic carbocycles. The number of nitrogens with one attached hydrogen (secondary N) is 2. The number of hydrogen-bond acceptors (Lipinski definition) is 4. The number of allylic oxidation sites excluding steroid dienone is 1. The fourth-order valence-electron chi connectivity index (χ4n) is 5.53. The number of aliphatic hydroxyl groups is 1. The molecule has 1 heterocycles. The number of carbonyl (C=O) groups excluding carboxylic acids is 3. The number of benzene rings is 2. The first-order chi connectivity index (χ1) is 17.0. The van der Waals surface area contributed by atoms with Crippen LogP contribution in [-0.4, -0.2) is 53.5 Å². The highest BCUT2D eigenvalue weighted by molar-refractivity contribution is 5.97. The van der Waals surface area contributed by atoms with E-state index in [1.54, 1.807) is 11.9 Å². The molecule has 35 heavy (non-hydrogen) atoms. The van der Waals surface area contributed by atoms with Gasteiger partial charge in [0.2, 0.25) is 17.7 Å². The molecule has 2 aliphatic rings. The summed E-state index contributed by atoms with van der Waals surface area (Å²) in [5, 5.41) is 16.0. The second-order valence-electron chi connectivity index (χ2n) is 9.41. The van der Waals surface area contributed by atoms with Crippen molar-refractivity contribution in [2.45, 2.75) is 32.0 Å². The van der Waals surface area contributed by atoms with E-state index in [4.69, 9.17) is 0 Å². The lowest BCUT2D eigenvalue weighted by Gasteiger charge is -2.33. The molecule has 0 aromatic heterocycles. The lowest BCUT2D eigenvalue weighted by atomic mass is 9.70. The fourth-order valence-corrected chi connectivity index (χ4v) is 5.53. The van der Waals surface area contributed by atoms with Crippen LogP contribution >= 0.6 is 0 Å². The Balaban J connectivity index is 1.68. The zero-order valence-electron chi connectivity index (χ0n) is 20.1. The Bertz CT molecular complexity index is 1070. The van der Waals surface area contributed by atoms with Crippen LogP contribution in [0.15, 0.2) is 72.8 Å². The monoisotopic (exact) mass is 475 g/mol. The van der Waals surface area contributed by atoms with Crippen LogP contribution in [0.25, 0.3) is 0 Å². The van der Waals surface area contributed by atoms with E-state index in [1.807, 2.05) is 79.7 Å². The molecule has 0 bridgehead atoms. The van der Waals surface area contributed by atoms with Crippen molar-refractivity contribution < 1.29 is 19.5 Å². The van der Waals surface area contributed by atoms with Gasteiger partial charge in [-0.15, -0.1) is 0 Å². The average Bonchev–Trinajstić information content (AvgIpc) is 3.18. The first-order valence-corrected chi connectivity index (χ1v) is 12.1. The lowest BCUT2D eigenvalue weighted by molar-refractivity contribution is -0.143. The quantitative estimate of drug-likeness (QED) is 0.508. The van der Waals surface area contributed by atoms with Crippen LogP contribution in [-0.2, 0) is 27.3 Å². The van der Waals surface area contributed by atoms with Crippen LogP contribution in [0, 0.1) is 23.7 Å². The van der Waals surface area contributed by atoms with Gasteiger partial charge in [0.15, 0.2) is 0 Å². The summed E-state index contributed by atoms with van der Waals surface area (Å²) in [7, 11) is 1.57. The molecule has 1 aliphatic heterocycles. The zero-order valence-corrected chi connectivity index (χ0v) is 20.1. The van der Waals surface area contributed by atoms with Gasteiger partial charge >= 0.3 is 0 Å². The third kappa shape index (κ3) is 5.00. The Morgan fingerprint density at radius 1 is 0.971 bits per heavy atom. The standard InChI is InChI=1S/C28H33N3O4/c1-18-13-14-22-24(23(18)26(33)29-2)28(35)31(21(17-32)15-19-9-5-3-6-10-19)25(22)27(34)30-16-20-11-7-4-8-12-20/h3-14,18,21-25,32H,15-17H2,1-2H3,(H,29,33)(H,30,34)/t18-,21-,22+,23-,24+,25+/m1/s1. The third-order valence-corrected chi connectivity index (χ3v) is 7.25. The molecule has 0 saturated carbocycles. The van der Waals surface area contributed by atoms with E-state index < -0.39 is 29.8 Å². The van der Waals surface area contributed by atoms with E-state index in [1.165, 1.54) is 0 Å². The predicted octanol–water partition coefficient (Wildman–Crippen LogP) is 1.92. The van der Waals surface area contributed by atoms with Crippen LogP contribution in [0.1, 0.15) is 18.1 Å². The van der Waals surface area contributed by atoms with Crippen molar-refractivity contribution in [3.05, 3.63) is 83.9 Å². The van der Waals surface area contributed by atoms with Gasteiger partial charge in [-0.05, 0) is 23.5 Å². The molecule has 7 heteroatoms. The van der Waals surface area contributed by atoms with Crippen LogP contribution < -0.4 is 10.6 Å². The number of nitrogens with zero attached hydrogens (tertiary/aromatic N) is 1. The summed E-state index contributed by atoms with van der Waals surface area (Å²) < 4.78 is 0. The minimum absolute atomic E-state index is 0.144. The summed E-state index contributed by atoms with van der Waals surface area (Å²) in [5.41, 5.74) is 1.91. The molecule has 3 N–H and O–H groups in total. The third-order valence-electron chi connectivity index (χ3n) is 7.25. The summed E-state index contributed by atoms with van der Waals surface area (Å²) in [6.07, 6.45) is 4.26.